The molecule has 5 heteroatoms. The molecule has 4 aromatic rings. The lowest BCUT2D eigenvalue weighted by atomic mass is 9.88. The molecule has 0 spiro atoms. The molecule has 1 N–H and O–H groups in total. The SMILES string of the molecule is Cc1ccccc1-c1c(Cc2ccc(OCCN3CCCC3)cc2)c2ccc(O)c(C3CCCC3)c2oc1=O. The van der Waals surface area contributed by atoms with Gasteiger partial charge >= 0.3 is 5.63 Å². The first-order valence-electron chi connectivity index (χ1n) is 14.4. The highest BCUT2D eigenvalue weighted by atomic mass is 16.5. The van der Waals surface area contributed by atoms with Crippen LogP contribution in [0.3, 0.4) is 0 Å². The van der Waals surface area contributed by atoms with Gasteiger partial charge in [-0.05, 0) is 105 Å². The van der Waals surface area contributed by atoms with Gasteiger partial charge in [0.25, 0.3) is 0 Å². The van der Waals surface area contributed by atoms with Crippen LogP contribution < -0.4 is 10.4 Å². The zero-order valence-electron chi connectivity index (χ0n) is 22.7. The first kappa shape index (κ1) is 25.7. The van der Waals surface area contributed by atoms with E-state index < -0.39 is 0 Å². The number of hydrogen-bond acceptors (Lipinski definition) is 5. The van der Waals surface area contributed by atoms with Crippen LogP contribution in [0.2, 0.25) is 0 Å². The molecule has 0 unspecified atom stereocenters. The fraction of sp³-hybridized carbons (Fsp3) is 0.382. The third kappa shape index (κ3) is 5.33. The Balaban J connectivity index is 1.38. The highest BCUT2D eigenvalue weighted by Gasteiger charge is 2.27. The summed E-state index contributed by atoms with van der Waals surface area (Å²) in [6, 6.07) is 19.9. The second-order valence-electron chi connectivity index (χ2n) is 11.1. The second-order valence-corrected chi connectivity index (χ2v) is 11.1. The van der Waals surface area contributed by atoms with Crippen LogP contribution in [0.1, 0.15) is 66.7 Å². The van der Waals surface area contributed by atoms with Crippen molar-refractivity contribution in [2.45, 2.75) is 57.8 Å². The van der Waals surface area contributed by atoms with Crippen molar-refractivity contribution >= 4 is 11.0 Å². The number of ether oxygens (including phenoxy) is 1. The van der Waals surface area contributed by atoms with Gasteiger partial charge in [0.2, 0.25) is 0 Å². The second kappa shape index (κ2) is 11.3. The van der Waals surface area contributed by atoms with E-state index in [2.05, 4.69) is 17.0 Å². The molecule has 0 atom stereocenters. The highest BCUT2D eigenvalue weighted by molar-refractivity contribution is 5.91. The van der Waals surface area contributed by atoms with Crippen LogP contribution in [0, 0.1) is 6.92 Å². The van der Waals surface area contributed by atoms with Crippen LogP contribution in [0.25, 0.3) is 22.1 Å². The van der Waals surface area contributed by atoms with Crippen molar-refractivity contribution in [1.82, 2.24) is 4.90 Å². The minimum Gasteiger partial charge on any atom is -0.508 e. The average Bonchev–Trinajstić information content (AvgIpc) is 3.65. The van der Waals surface area contributed by atoms with Gasteiger partial charge in [-0.1, -0.05) is 49.2 Å². The van der Waals surface area contributed by atoms with E-state index in [4.69, 9.17) is 9.15 Å². The number of likely N-dealkylation sites (tertiary alicyclic amines) is 1. The summed E-state index contributed by atoms with van der Waals surface area (Å²) in [5, 5.41) is 11.8. The lowest BCUT2D eigenvalue weighted by Gasteiger charge is -2.18. The molecule has 2 heterocycles. The Morgan fingerprint density at radius 1 is 0.949 bits per heavy atom. The maximum atomic E-state index is 13.7. The first-order chi connectivity index (χ1) is 19.1. The van der Waals surface area contributed by atoms with Crippen molar-refractivity contribution in [3.05, 3.63) is 93.3 Å². The van der Waals surface area contributed by atoms with E-state index in [-0.39, 0.29) is 17.3 Å². The molecule has 3 aromatic carbocycles. The molecule has 6 rings (SSSR count). The van der Waals surface area contributed by atoms with Gasteiger partial charge in [-0.25, -0.2) is 4.79 Å². The number of phenolic OH excluding ortho intramolecular Hbond substituents is 1. The quantitative estimate of drug-likeness (QED) is 0.248. The predicted octanol–water partition coefficient (Wildman–Crippen LogP) is 7.20. The maximum absolute atomic E-state index is 13.7. The summed E-state index contributed by atoms with van der Waals surface area (Å²) < 4.78 is 12.1. The van der Waals surface area contributed by atoms with E-state index in [1.807, 2.05) is 49.4 Å². The fourth-order valence-corrected chi connectivity index (χ4v) is 6.46. The Kier molecular flexibility index (Phi) is 7.43. The number of rotatable bonds is 8. The highest BCUT2D eigenvalue weighted by Crippen LogP contribution is 2.44. The number of fused-ring (bicyclic) bond motifs is 1. The molecule has 1 aliphatic heterocycles. The van der Waals surface area contributed by atoms with Gasteiger partial charge < -0.3 is 14.3 Å². The van der Waals surface area contributed by atoms with Crippen LogP contribution in [-0.4, -0.2) is 36.2 Å². The molecule has 1 aromatic heterocycles. The number of benzene rings is 3. The van der Waals surface area contributed by atoms with E-state index >= 15 is 0 Å². The minimum absolute atomic E-state index is 0.214. The summed E-state index contributed by atoms with van der Waals surface area (Å²) in [4.78, 5) is 16.1. The molecular weight excluding hydrogens is 486 g/mol. The Morgan fingerprint density at radius 3 is 2.44 bits per heavy atom. The minimum atomic E-state index is -0.349. The zero-order valence-corrected chi connectivity index (χ0v) is 22.7. The van der Waals surface area contributed by atoms with E-state index in [0.29, 0.717) is 24.2 Å². The van der Waals surface area contributed by atoms with Gasteiger partial charge in [-0.3, -0.25) is 4.90 Å². The topological polar surface area (TPSA) is 62.9 Å². The van der Waals surface area contributed by atoms with Crippen molar-refractivity contribution in [3.8, 4) is 22.6 Å². The Hall–Kier alpha value is -3.57. The van der Waals surface area contributed by atoms with Crippen molar-refractivity contribution < 1.29 is 14.3 Å². The summed E-state index contributed by atoms with van der Waals surface area (Å²) in [6.07, 6.45) is 7.42. The van der Waals surface area contributed by atoms with Crippen molar-refractivity contribution in [2.24, 2.45) is 0 Å². The van der Waals surface area contributed by atoms with E-state index in [1.54, 1.807) is 6.07 Å². The van der Waals surface area contributed by atoms with E-state index in [0.717, 1.165) is 71.2 Å². The molecule has 1 saturated heterocycles. The van der Waals surface area contributed by atoms with Crippen LogP contribution in [0.15, 0.2) is 69.9 Å². The van der Waals surface area contributed by atoms with Crippen LogP contribution in [0.5, 0.6) is 11.5 Å². The lowest BCUT2D eigenvalue weighted by molar-refractivity contribution is 0.238. The molecule has 0 radical (unpaired) electrons. The molecule has 1 aliphatic carbocycles. The van der Waals surface area contributed by atoms with Gasteiger partial charge in [-0.15, -0.1) is 0 Å². The van der Waals surface area contributed by atoms with Gasteiger partial charge in [0.15, 0.2) is 0 Å². The number of nitrogens with zero attached hydrogens (tertiary/aromatic N) is 1. The third-order valence-corrected chi connectivity index (χ3v) is 8.56. The van der Waals surface area contributed by atoms with Crippen molar-refractivity contribution in [1.29, 1.82) is 0 Å². The molecule has 39 heavy (non-hydrogen) atoms. The average molecular weight is 524 g/mol. The number of phenols is 1. The largest absolute Gasteiger partial charge is 0.508 e. The van der Waals surface area contributed by atoms with Crippen LogP contribution in [0.4, 0.5) is 0 Å². The first-order valence-corrected chi connectivity index (χ1v) is 14.4. The van der Waals surface area contributed by atoms with Crippen LogP contribution >= 0.6 is 0 Å². The Morgan fingerprint density at radius 2 is 1.69 bits per heavy atom. The monoisotopic (exact) mass is 523 g/mol. The predicted molar refractivity (Wildman–Crippen MR) is 156 cm³/mol. The standard InChI is InChI=1S/C34H37NO4/c1-23-8-2-5-11-27(23)32-29(22-24-12-14-26(15-13-24)38-21-20-35-18-6-7-19-35)28-16-17-30(36)31(25-9-3-4-10-25)33(28)39-34(32)37/h2,5,8,11-17,25,36H,3-4,6-7,9-10,18-22H2,1H3. The molecule has 0 amide bonds. The van der Waals surface area contributed by atoms with Gasteiger partial charge in [-0.2, -0.15) is 0 Å². The fourth-order valence-electron chi connectivity index (χ4n) is 6.46. The summed E-state index contributed by atoms with van der Waals surface area (Å²) >= 11 is 0. The van der Waals surface area contributed by atoms with Crippen LogP contribution in [-0.2, 0) is 6.42 Å². The van der Waals surface area contributed by atoms with Gasteiger partial charge in [0, 0.05) is 17.5 Å². The molecule has 5 nitrogen and oxygen atoms in total. The third-order valence-electron chi connectivity index (χ3n) is 8.56. The summed E-state index contributed by atoms with van der Waals surface area (Å²) in [6.45, 7) is 6.02. The zero-order chi connectivity index (χ0) is 26.8. The van der Waals surface area contributed by atoms with Crippen molar-refractivity contribution in [3.63, 3.8) is 0 Å². The maximum Gasteiger partial charge on any atom is 0.344 e. The summed E-state index contributed by atoms with van der Waals surface area (Å²) in [7, 11) is 0. The molecule has 2 aliphatic rings. The smallest absolute Gasteiger partial charge is 0.344 e. The number of hydrogen-bond donors (Lipinski definition) is 1. The van der Waals surface area contributed by atoms with E-state index in [9.17, 15) is 9.90 Å². The molecule has 0 bridgehead atoms. The Labute approximate surface area is 230 Å². The van der Waals surface area contributed by atoms with Gasteiger partial charge in [0.1, 0.15) is 23.7 Å². The lowest BCUT2D eigenvalue weighted by Crippen LogP contribution is -2.25. The Bertz CT molecular complexity index is 1510. The molecule has 2 fully saturated rings. The summed E-state index contributed by atoms with van der Waals surface area (Å²) in [5.41, 5.74) is 5.55. The van der Waals surface area contributed by atoms with Gasteiger partial charge in [0.05, 0.1) is 5.56 Å². The summed E-state index contributed by atoms with van der Waals surface area (Å²) in [5.74, 6) is 1.30. The molecule has 202 valence electrons. The normalized spacial score (nSPS) is 16.3. The number of aryl methyl sites for hydroxylation is 1. The molecular formula is C34H37NO4. The number of aromatic hydroxyl groups is 1. The molecule has 1 saturated carbocycles. The van der Waals surface area contributed by atoms with E-state index in [1.165, 1.54) is 25.9 Å². The van der Waals surface area contributed by atoms with Crippen molar-refractivity contribution in [2.75, 3.05) is 26.2 Å².